The maximum Gasteiger partial charge on any atom is 0.0527 e. The van der Waals surface area contributed by atoms with Gasteiger partial charge in [0.05, 0.1) is 6.10 Å². The topological polar surface area (TPSA) is 49.5 Å². The zero-order chi connectivity index (χ0) is 13.1. The quantitative estimate of drug-likeness (QED) is 0.775. The van der Waals surface area contributed by atoms with Crippen molar-refractivity contribution in [3.63, 3.8) is 0 Å². The van der Waals surface area contributed by atoms with E-state index in [4.69, 9.17) is 5.73 Å². The lowest BCUT2D eigenvalue weighted by molar-refractivity contribution is 0.0531. The van der Waals surface area contributed by atoms with E-state index < -0.39 is 0 Å². The van der Waals surface area contributed by atoms with E-state index in [-0.39, 0.29) is 17.6 Å². The number of hydrogen-bond acceptors (Lipinski definition) is 3. The molecule has 0 saturated carbocycles. The minimum atomic E-state index is -0.195. The van der Waals surface area contributed by atoms with Crippen molar-refractivity contribution >= 4 is 0 Å². The first-order valence-electron chi connectivity index (χ1n) is 7.00. The molecule has 3 heteroatoms. The molecule has 0 aromatic rings. The largest absolute Gasteiger partial charge is 0.393 e. The standard InChI is InChI=1S/C14H30N2O/c1-11(17)9-13-7-5-6-8-16(13)10-14(3,4)12(2)15/h11-13,17H,5-10,15H2,1-4H3. The van der Waals surface area contributed by atoms with E-state index in [0.29, 0.717) is 6.04 Å². The Kier molecular flexibility index (Phi) is 5.42. The second-order valence-electron chi connectivity index (χ2n) is 6.48. The molecule has 0 amide bonds. The third-order valence-electron chi connectivity index (χ3n) is 4.21. The molecule has 1 aliphatic rings. The molecule has 0 radical (unpaired) electrons. The van der Waals surface area contributed by atoms with E-state index in [0.717, 1.165) is 19.5 Å². The minimum absolute atomic E-state index is 0.147. The summed E-state index contributed by atoms with van der Waals surface area (Å²) in [5, 5.41) is 9.58. The number of hydrogen-bond donors (Lipinski definition) is 2. The molecule has 1 heterocycles. The van der Waals surface area contributed by atoms with Gasteiger partial charge in [0.25, 0.3) is 0 Å². The Bertz CT molecular complexity index is 226. The average molecular weight is 242 g/mol. The Morgan fingerprint density at radius 1 is 1.35 bits per heavy atom. The Balaban J connectivity index is 2.59. The van der Waals surface area contributed by atoms with Crippen molar-refractivity contribution in [2.75, 3.05) is 13.1 Å². The average Bonchev–Trinajstić information content (AvgIpc) is 2.19. The number of rotatable bonds is 5. The van der Waals surface area contributed by atoms with Crippen LogP contribution in [0.4, 0.5) is 0 Å². The van der Waals surface area contributed by atoms with Crippen molar-refractivity contribution in [2.45, 2.75) is 71.6 Å². The highest BCUT2D eigenvalue weighted by Crippen LogP contribution is 2.27. The molecule has 0 aliphatic carbocycles. The van der Waals surface area contributed by atoms with Crippen molar-refractivity contribution in [3.05, 3.63) is 0 Å². The summed E-state index contributed by atoms with van der Waals surface area (Å²) in [6, 6.07) is 0.749. The molecular weight excluding hydrogens is 212 g/mol. The van der Waals surface area contributed by atoms with Gasteiger partial charge in [-0.1, -0.05) is 20.3 Å². The summed E-state index contributed by atoms with van der Waals surface area (Å²) in [5.74, 6) is 0. The third-order valence-corrected chi connectivity index (χ3v) is 4.21. The number of piperidine rings is 1. The lowest BCUT2D eigenvalue weighted by Gasteiger charge is -2.42. The Morgan fingerprint density at radius 3 is 2.53 bits per heavy atom. The van der Waals surface area contributed by atoms with Gasteiger partial charge in [0, 0.05) is 18.6 Å². The molecule has 0 aromatic carbocycles. The predicted octanol–water partition coefficient (Wildman–Crippen LogP) is 1.99. The van der Waals surface area contributed by atoms with Crippen LogP contribution in [0.15, 0.2) is 0 Å². The van der Waals surface area contributed by atoms with Crippen molar-refractivity contribution in [2.24, 2.45) is 11.1 Å². The van der Waals surface area contributed by atoms with Crippen LogP contribution in [0, 0.1) is 5.41 Å². The number of aliphatic hydroxyl groups excluding tert-OH is 1. The Labute approximate surface area is 106 Å². The third kappa shape index (κ3) is 4.57. The van der Waals surface area contributed by atoms with Crippen molar-refractivity contribution in [3.8, 4) is 0 Å². The van der Waals surface area contributed by atoms with Crippen LogP contribution in [-0.2, 0) is 0 Å². The maximum absolute atomic E-state index is 9.58. The Morgan fingerprint density at radius 2 is 2.00 bits per heavy atom. The summed E-state index contributed by atoms with van der Waals surface area (Å²) >= 11 is 0. The zero-order valence-electron chi connectivity index (χ0n) is 11.9. The molecule has 0 aromatic heterocycles. The molecule has 17 heavy (non-hydrogen) atoms. The molecule has 3 unspecified atom stereocenters. The fraction of sp³-hybridized carbons (Fsp3) is 1.00. The molecule has 3 nitrogen and oxygen atoms in total. The lowest BCUT2D eigenvalue weighted by atomic mass is 9.83. The van der Waals surface area contributed by atoms with Gasteiger partial charge in [-0.3, -0.25) is 4.90 Å². The molecule has 0 spiro atoms. The summed E-state index contributed by atoms with van der Waals surface area (Å²) in [5.41, 5.74) is 6.21. The van der Waals surface area contributed by atoms with E-state index in [2.05, 4.69) is 25.7 Å². The summed E-state index contributed by atoms with van der Waals surface area (Å²) < 4.78 is 0. The lowest BCUT2D eigenvalue weighted by Crippen LogP contribution is -2.50. The highest BCUT2D eigenvalue weighted by atomic mass is 16.3. The molecule has 1 fully saturated rings. The highest BCUT2D eigenvalue weighted by molar-refractivity contribution is 4.86. The van der Waals surface area contributed by atoms with E-state index in [9.17, 15) is 5.11 Å². The normalized spacial score (nSPS) is 26.8. The molecule has 1 saturated heterocycles. The van der Waals surface area contributed by atoms with Crippen molar-refractivity contribution in [1.29, 1.82) is 0 Å². The van der Waals surface area contributed by atoms with Crippen LogP contribution in [0.2, 0.25) is 0 Å². The van der Waals surface area contributed by atoms with Gasteiger partial charge in [0.15, 0.2) is 0 Å². The van der Waals surface area contributed by atoms with Crippen molar-refractivity contribution < 1.29 is 5.11 Å². The zero-order valence-corrected chi connectivity index (χ0v) is 11.9. The monoisotopic (exact) mass is 242 g/mol. The molecule has 102 valence electrons. The minimum Gasteiger partial charge on any atom is -0.393 e. The number of nitrogens with two attached hydrogens (primary N) is 1. The van der Waals surface area contributed by atoms with Crippen LogP contribution >= 0.6 is 0 Å². The fourth-order valence-electron chi connectivity index (χ4n) is 2.60. The molecular formula is C14H30N2O. The SMILES string of the molecule is CC(O)CC1CCCCN1CC(C)(C)C(C)N. The van der Waals surface area contributed by atoms with Crippen LogP contribution in [0.5, 0.6) is 0 Å². The summed E-state index contributed by atoms with van der Waals surface area (Å²) in [7, 11) is 0. The molecule has 0 bridgehead atoms. The van der Waals surface area contributed by atoms with E-state index in [1.54, 1.807) is 0 Å². The van der Waals surface area contributed by atoms with Gasteiger partial charge in [0.2, 0.25) is 0 Å². The van der Waals surface area contributed by atoms with Gasteiger partial charge in [-0.15, -0.1) is 0 Å². The van der Waals surface area contributed by atoms with Crippen molar-refractivity contribution in [1.82, 2.24) is 4.90 Å². The van der Waals surface area contributed by atoms with Crippen LogP contribution in [0.1, 0.15) is 53.4 Å². The van der Waals surface area contributed by atoms with Crippen LogP contribution in [0.25, 0.3) is 0 Å². The fourth-order valence-corrected chi connectivity index (χ4v) is 2.60. The van der Waals surface area contributed by atoms with E-state index >= 15 is 0 Å². The van der Waals surface area contributed by atoms with Crippen LogP contribution < -0.4 is 5.73 Å². The number of aliphatic hydroxyl groups is 1. The first-order valence-corrected chi connectivity index (χ1v) is 7.00. The molecule has 3 atom stereocenters. The Hall–Kier alpha value is -0.120. The first kappa shape index (κ1) is 14.9. The van der Waals surface area contributed by atoms with Gasteiger partial charge >= 0.3 is 0 Å². The molecule has 3 N–H and O–H groups in total. The smallest absolute Gasteiger partial charge is 0.0527 e. The van der Waals surface area contributed by atoms with E-state index in [1.807, 2.05) is 6.92 Å². The second-order valence-corrected chi connectivity index (χ2v) is 6.48. The van der Waals surface area contributed by atoms with E-state index in [1.165, 1.54) is 19.3 Å². The highest BCUT2D eigenvalue weighted by Gasteiger charge is 2.31. The second kappa shape index (κ2) is 6.17. The maximum atomic E-state index is 9.58. The van der Waals surface area contributed by atoms with Gasteiger partial charge in [-0.05, 0) is 45.1 Å². The summed E-state index contributed by atoms with van der Waals surface area (Å²) in [6.07, 6.45) is 4.51. The van der Waals surface area contributed by atoms with Gasteiger partial charge in [-0.2, -0.15) is 0 Å². The number of likely N-dealkylation sites (tertiary alicyclic amines) is 1. The summed E-state index contributed by atoms with van der Waals surface area (Å²) in [4.78, 5) is 2.54. The van der Waals surface area contributed by atoms with Crippen LogP contribution in [0.3, 0.4) is 0 Å². The van der Waals surface area contributed by atoms with Gasteiger partial charge in [0.1, 0.15) is 0 Å². The first-order chi connectivity index (χ1) is 7.83. The molecule has 1 aliphatic heterocycles. The van der Waals surface area contributed by atoms with Gasteiger partial charge in [-0.25, -0.2) is 0 Å². The molecule has 1 rings (SSSR count). The van der Waals surface area contributed by atoms with Gasteiger partial charge < -0.3 is 10.8 Å². The van der Waals surface area contributed by atoms with Crippen LogP contribution in [-0.4, -0.2) is 41.3 Å². The number of nitrogens with zero attached hydrogens (tertiary/aromatic N) is 1. The summed E-state index contributed by atoms with van der Waals surface area (Å²) in [6.45, 7) is 10.7. The predicted molar refractivity (Wildman–Crippen MR) is 72.9 cm³/mol.